The van der Waals surface area contributed by atoms with Gasteiger partial charge in [0.15, 0.2) is 5.16 Å². The van der Waals surface area contributed by atoms with E-state index in [1.54, 1.807) is 0 Å². The molecule has 29 heavy (non-hydrogen) atoms. The maximum absolute atomic E-state index is 12.3. The minimum absolute atomic E-state index is 0.154. The molecule has 0 saturated heterocycles. The van der Waals surface area contributed by atoms with Crippen LogP contribution in [0.3, 0.4) is 0 Å². The highest BCUT2D eigenvalue weighted by molar-refractivity contribution is 7.99. The standard InChI is InChI=1S/C20H18N6OS2/c1-26-16(12-14-8-4-2-5-9-14)22-25-20(26)28-13-17(27)21-19-24-23-18(29-19)15-10-6-3-7-11-15/h2-11H,12-13H2,1H3,(H,21,24,27). The fourth-order valence-corrected chi connectivity index (χ4v) is 4.15. The van der Waals surface area contributed by atoms with E-state index in [1.807, 2.05) is 60.1 Å². The van der Waals surface area contributed by atoms with Gasteiger partial charge < -0.3 is 4.57 Å². The number of nitrogens with zero attached hydrogens (tertiary/aromatic N) is 5. The van der Waals surface area contributed by atoms with E-state index in [1.165, 1.54) is 28.7 Å². The van der Waals surface area contributed by atoms with Gasteiger partial charge >= 0.3 is 0 Å². The number of carbonyl (C=O) groups excluding carboxylic acids is 1. The van der Waals surface area contributed by atoms with Gasteiger partial charge in [0, 0.05) is 19.0 Å². The molecule has 0 saturated carbocycles. The van der Waals surface area contributed by atoms with E-state index in [9.17, 15) is 4.79 Å². The minimum Gasteiger partial charge on any atom is -0.309 e. The molecule has 9 heteroatoms. The molecule has 1 N–H and O–H groups in total. The van der Waals surface area contributed by atoms with Crippen molar-refractivity contribution in [3.63, 3.8) is 0 Å². The fourth-order valence-electron chi connectivity index (χ4n) is 2.66. The zero-order chi connectivity index (χ0) is 20.1. The van der Waals surface area contributed by atoms with E-state index in [0.717, 1.165) is 16.4 Å². The van der Waals surface area contributed by atoms with Gasteiger partial charge in [0.1, 0.15) is 10.8 Å². The number of rotatable bonds is 7. The summed E-state index contributed by atoms with van der Waals surface area (Å²) in [5, 5.41) is 21.4. The lowest BCUT2D eigenvalue weighted by atomic mass is 10.1. The van der Waals surface area contributed by atoms with Crippen molar-refractivity contribution in [3.05, 3.63) is 72.1 Å². The number of thioether (sulfide) groups is 1. The van der Waals surface area contributed by atoms with Crippen molar-refractivity contribution in [3.8, 4) is 10.6 Å². The van der Waals surface area contributed by atoms with Crippen LogP contribution in [-0.2, 0) is 18.3 Å². The van der Waals surface area contributed by atoms with Gasteiger partial charge in [-0.05, 0) is 5.56 Å². The van der Waals surface area contributed by atoms with Crippen LogP contribution in [0.1, 0.15) is 11.4 Å². The van der Waals surface area contributed by atoms with Crippen LogP contribution in [0.2, 0.25) is 0 Å². The Kier molecular flexibility index (Phi) is 5.97. The maximum Gasteiger partial charge on any atom is 0.236 e. The Morgan fingerprint density at radius 2 is 1.72 bits per heavy atom. The van der Waals surface area contributed by atoms with Crippen molar-refractivity contribution in [1.82, 2.24) is 25.0 Å². The third kappa shape index (κ3) is 4.87. The van der Waals surface area contributed by atoms with Gasteiger partial charge in [-0.15, -0.1) is 20.4 Å². The normalized spacial score (nSPS) is 10.8. The second kappa shape index (κ2) is 8.97. The molecule has 0 atom stereocenters. The van der Waals surface area contributed by atoms with E-state index in [4.69, 9.17) is 0 Å². The summed E-state index contributed by atoms with van der Waals surface area (Å²) >= 11 is 2.69. The topological polar surface area (TPSA) is 85.6 Å². The van der Waals surface area contributed by atoms with Crippen LogP contribution in [0.4, 0.5) is 5.13 Å². The predicted octanol–water partition coefficient (Wildman–Crippen LogP) is 3.66. The van der Waals surface area contributed by atoms with Crippen LogP contribution < -0.4 is 5.32 Å². The van der Waals surface area contributed by atoms with E-state index in [2.05, 4.69) is 37.8 Å². The van der Waals surface area contributed by atoms with Crippen molar-refractivity contribution in [1.29, 1.82) is 0 Å². The van der Waals surface area contributed by atoms with Gasteiger partial charge in [-0.25, -0.2) is 0 Å². The summed E-state index contributed by atoms with van der Waals surface area (Å²) in [5.74, 6) is 0.923. The summed E-state index contributed by atoms with van der Waals surface area (Å²) in [6, 6.07) is 19.9. The van der Waals surface area contributed by atoms with Crippen molar-refractivity contribution in [2.75, 3.05) is 11.1 Å². The number of nitrogens with one attached hydrogen (secondary N) is 1. The first-order valence-corrected chi connectivity index (χ1v) is 10.7. The highest BCUT2D eigenvalue weighted by Gasteiger charge is 2.14. The van der Waals surface area contributed by atoms with E-state index >= 15 is 0 Å². The van der Waals surface area contributed by atoms with E-state index in [-0.39, 0.29) is 11.7 Å². The first-order chi connectivity index (χ1) is 14.2. The fraction of sp³-hybridized carbons (Fsp3) is 0.150. The lowest BCUT2D eigenvalue weighted by Crippen LogP contribution is -2.14. The monoisotopic (exact) mass is 422 g/mol. The lowest BCUT2D eigenvalue weighted by Gasteiger charge is -2.04. The Balaban J connectivity index is 1.33. The second-order valence-corrected chi connectivity index (χ2v) is 8.16. The molecule has 0 spiro atoms. The van der Waals surface area contributed by atoms with Gasteiger partial charge in [0.05, 0.1) is 5.75 Å². The molecule has 146 valence electrons. The Morgan fingerprint density at radius 3 is 2.48 bits per heavy atom. The molecule has 0 aliphatic carbocycles. The summed E-state index contributed by atoms with van der Waals surface area (Å²) in [6.07, 6.45) is 0.699. The third-order valence-corrected chi connectivity index (χ3v) is 6.06. The molecule has 1 amide bonds. The highest BCUT2D eigenvalue weighted by atomic mass is 32.2. The van der Waals surface area contributed by atoms with Gasteiger partial charge in [-0.2, -0.15) is 0 Å². The molecule has 0 fully saturated rings. The molecule has 4 rings (SSSR count). The van der Waals surface area contributed by atoms with Gasteiger partial charge in [0.25, 0.3) is 0 Å². The minimum atomic E-state index is -0.154. The number of amides is 1. The average Bonchev–Trinajstić information content (AvgIpc) is 3.35. The number of anilines is 1. The molecule has 0 radical (unpaired) electrons. The summed E-state index contributed by atoms with van der Waals surface area (Å²) in [4.78, 5) is 12.3. The van der Waals surface area contributed by atoms with E-state index in [0.29, 0.717) is 16.7 Å². The van der Waals surface area contributed by atoms with Crippen molar-refractivity contribution < 1.29 is 4.79 Å². The first kappa shape index (κ1) is 19.3. The van der Waals surface area contributed by atoms with Crippen LogP contribution in [-0.4, -0.2) is 36.6 Å². The molecule has 7 nitrogen and oxygen atoms in total. The second-order valence-electron chi connectivity index (χ2n) is 6.24. The molecular formula is C20H18N6OS2. The van der Waals surface area contributed by atoms with Crippen LogP contribution >= 0.6 is 23.1 Å². The molecule has 2 aromatic carbocycles. The third-order valence-electron chi connectivity index (χ3n) is 4.15. The molecule has 0 aliphatic rings. The van der Waals surface area contributed by atoms with Gasteiger partial charge in [-0.3, -0.25) is 10.1 Å². The summed E-state index contributed by atoms with van der Waals surface area (Å²) in [5.41, 5.74) is 2.15. The zero-order valence-electron chi connectivity index (χ0n) is 15.6. The Bertz CT molecular complexity index is 1090. The smallest absolute Gasteiger partial charge is 0.236 e. The molecule has 2 aromatic heterocycles. The van der Waals surface area contributed by atoms with Crippen molar-refractivity contribution in [2.24, 2.45) is 7.05 Å². The van der Waals surface area contributed by atoms with Crippen LogP contribution in [0, 0.1) is 0 Å². The maximum atomic E-state index is 12.3. The average molecular weight is 423 g/mol. The van der Waals surface area contributed by atoms with Gasteiger partial charge in [-0.1, -0.05) is 83.8 Å². The molecule has 4 aromatic rings. The number of carbonyl (C=O) groups is 1. The Hall–Kier alpha value is -3.04. The molecule has 2 heterocycles. The SMILES string of the molecule is Cn1c(Cc2ccccc2)nnc1SCC(=O)Nc1nnc(-c2ccccc2)s1. The highest BCUT2D eigenvalue weighted by Crippen LogP contribution is 2.26. The number of hydrogen-bond donors (Lipinski definition) is 1. The lowest BCUT2D eigenvalue weighted by molar-refractivity contribution is -0.113. The van der Waals surface area contributed by atoms with E-state index < -0.39 is 0 Å². The summed E-state index contributed by atoms with van der Waals surface area (Å²) in [7, 11) is 1.91. The van der Waals surface area contributed by atoms with Crippen LogP contribution in [0.25, 0.3) is 10.6 Å². The largest absolute Gasteiger partial charge is 0.309 e. The Labute approximate surface area is 176 Å². The molecule has 0 bridgehead atoms. The van der Waals surface area contributed by atoms with Gasteiger partial charge in [0.2, 0.25) is 11.0 Å². The number of aromatic nitrogens is 5. The molecule has 0 unspecified atom stereocenters. The van der Waals surface area contributed by atoms with Crippen LogP contribution in [0.15, 0.2) is 65.8 Å². The summed E-state index contributed by atoms with van der Waals surface area (Å²) < 4.78 is 1.92. The number of benzene rings is 2. The predicted molar refractivity (Wildman–Crippen MR) is 115 cm³/mol. The molecular weight excluding hydrogens is 404 g/mol. The zero-order valence-corrected chi connectivity index (χ0v) is 17.3. The molecule has 0 aliphatic heterocycles. The van der Waals surface area contributed by atoms with Crippen molar-refractivity contribution >= 4 is 34.1 Å². The van der Waals surface area contributed by atoms with Crippen LogP contribution in [0.5, 0.6) is 0 Å². The number of hydrogen-bond acceptors (Lipinski definition) is 7. The quantitative estimate of drug-likeness (QED) is 0.458. The van der Waals surface area contributed by atoms with Crippen molar-refractivity contribution in [2.45, 2.75) is 11.6 Å². The first-order valence-electron chi connectivity index (χ1n) is 8.93. The summed E-state index contributed by atoms with van der Waals surface area (Å²) in [6.45, 7) is 0. The Morgan fingerprint density at radius 1 is 1.00 bits per heavy atom.